The summed E-state index contributed by atoms with van der Waals surface area (Å²) < 4.78 is 7.06. The van der Waals surface area contributed by atoms with Gasteiger partial charge >= 0.3 is 0 Å². The molecule has 5 rings (SSSR count). The number of nitrogens with one attached hydrogen (secondary N) is 2. The molecule has 1 aliphatic heterocycles. The molecule has 3 heterocycles. The van der Waals surface area contributed by atoms with Crippen LogP contribution in [-0.4, -0.2) is 24.0 Å². The molecule has 1 atom stereocenters. The number of fused-ring (bicyclic) bond motifs is 1. The summed E-state index contributed by atoms with van der Waals surface area (Å²) in [5.74, 6) is 1.89. The number of furan rings is 1. The van der Waals surface area contributed by atoms with Crippen LogP contribution in [0, 0.1) is 11.3 Å². The van der Waals surface area contributed by atoms with Crippen molar-refractivity contribution in [3.05, 3.63) is 42.2 Å². The Morgan fingerprint density at radius 3 is 2.89 bits per heavy atom. The van der Waals surface area contributed by atoms with Crippen molar-refractivity contribution in [2.24, 2.45) is 11.3 Å². The number of hydrogen-bond acceptors (Lipinski definition) is 5. The first-order chi connectivity index (χ1) is 12.7. The van der Waals surface area contributed by atoms with Gasteiger partial charge in [-0.05, 0) is 62.0 Å². The van der Waals surface area contributed by atoms with Crippen molar-refractivity contribution in [3.63, 3.8) is 0 Å². The maximum absolute atomic E-state index is 12.5. The van der Waals surface area contributed by atoms with Crippen LogP contribution in [0.1, 0.15) is 25.0 Å². The Labute approximate surface area is 168 Å². The van der Waals surface area contributed by atoms with E-state index in [-0.39, 0.29) is 29.6 Å². The van der Waals surface area contributed by atoms with Crippen molar-refractivity contribution in [2.75, 3.05) is 13.1 Å². The Bertz CT molecular complexity index is 928. The Morgan fingerprint density at radius 2 is 2.07 bits per heavy atom. The van der Waals surface area contributed by atoms with E-state index in [1.807, 2.05) is 30.3 Å². The fourth-order valence-corrected chi connectivity index (χ4v) is 4.99. The second-order valence-corrected chi connectivity index (χ2v) is 8.37. The fraction of sp³-hybridized carbons (Fsp3) is 0.400. The second kappa shape index (κ2) is 7.26. The fourth-order valence-electron chi connectivity index (χ4n) is 4.06. The van der Waals surface area contributed by atoms with Crippen LogP contribution in [0.15, 0.2) is 40.8 Å². The molecule has 2 N–H and O–H groups in total. The molecule has 1 saturated carbocycles. The number of amides is 1. The molecule has 1 amide bonds. The van der Waals surface area contributed by atoms with Crippen LogP contribution in [0.3, 0.4) is 0 Å². The molecular formula is C20H22ClN3O2S. The van der Waals surface area contributed by atoms with Gasteiger partial charge < -0.3 is 15.1 Å². The highest BCUT2D eigenvalue weighted by Gasteiger charge is 2.57. The quantitative estimate of drug-likeness (QED) is 0.691. The molecule has 2 fully saturated rings. The summed E-state index contributed by atoms with van der Waals surface area (Å²) >= 11 is 1.62. The number of aromatic nitrogens is 1. The highest BCUT2D eigenvalue weighted by molar-refractivity contribution is 7.21. The first-order valence-corrected chi connectivity index (χ1v) is 9.98. The molecule has 1 unspecified atom stereocenters. The zero-order valence-electron chi connectivity index (χ0n) is 14.9. The third kappa shape index (κ3) is 3.49. The number of halogens is 1. The lowest BCUT2D eigenvalue weighted by atomic mass is 9.92. The van der Waals surface area contributed by atoms with E-state index < -0.39 is 0 Å². The number of piperidine rings is 1. The van der Waals surface area contributed by atoms with E-state index >= 15 is 0 Å². The summed E-state index contributed by atoms with van der Waals surface area (Å²) in [6.45, 7) is 2.51. The van der Waals surface area contributed by atoms with Crippen molar-refractivity contribution in [2.45, 2.75) is 25.8 Å². The van der Waals surface area contributed by atoms with Gasteiger partial charge in [-0.2, -0.15) is 0 Å². The Balaban J connectivity index is 0.00000180. The number of benzene rings is 1. The zero-order chi connectivity index (χ0) is 17.6. The molecular weight excluding hydrogens is 382 g/mol. The van der Waals surface area contributed by atoms with E-state index in [0.717, 1.165) is 59.1 Å². The van der Waals surface area contributed by atoms with Gasteiger partial charge in [0.1, 0.15) is 5.76 Å². The molecule has 1 spiro atoms. The molecule has 5 nitrogen and oxygen atoms in total. The lowest BCUT2D eigenvalue weighted by molar-refractivity contribution is -0.123. The zero-order valence-corrected chi connectivity index (χ0v) is 16.5. The van der Waals surface area contributed by atoms with Gasteiger partial charge in [-0.1, -0.05) is 12.1 Å². The minimum Gasteiger partial charge on any atom is -0.457 e. The van der Waals surface area contributed by atoms with Crippen molar-refractivity contribution in [3.8, 4) is 10.8 Å². The minimum absolute atomic E-state index is 0. The summed E-state index contributed by atoms with van der Waals surface area (Å²) in [6.07, 6.45) is 3.27. The van der Waals surface area contributed by atoms with Gasteiger partial charge in [0, 0.05) is 5.92 Å². The average Bonchev–Trinajstić information content (AvgIpc) is 3.05. The van der Waals surface area contributed by atoms with Crippen LogP contribution in [-0.2, 0) is 11.3 Å². The number of para-hydroxylation sites is 1. The lowest BCUT2D eigenvalue weighted by Gasteiger charge is -2.23. The third-order valence-corrected chi connectivity index (χ3v) is 6.76. The van der Waals surface area contributed by atoms with Gasteiger partial charge in [-0.15, -0.1) is 23.7 Å². The highest BCUT2D eigenvalue weighted by Crippen LogP contribution is 2.58. The van der Waals surface area contributed by atoms with Crippen molar-refractivity contribution in [1.29, 1.82) is 0 Å². The van der Waals surface area contributed by atoms with E-state index in [1.165, 1.54) is 0 Å². The van der Waals surface area contributed by atoms with Gasteiger partial charge in [-0.3, -0.25) is 4.79 Å². The van der Waals surface area contributed by atoms with Gasteiger partial charge in [0.2, 0.25) is 5.91 Å². The number of hydrogen-bond donors (Lipinski definition) is 2. The van der Waals surface area contributed by atoms with E-state index in [0.29, 0.717) is 6.54 Å². The van der Waals surface area contributed by atoms with E-state index in [1.54, 1.807) is 11.3 Å². The Hall–Kier alpha value is -1.89. The predicted octanol–water partition coefficient (Wildman–Crippen LogP) is 3.98. The molecule has 142 valence electrons. The molecule has 27 heavy (non-hydrogen) atoms. The number of thiazole rings is 1. The molecule has 2 aliphatic rings. The molecule has 3 aromatic rings. The van der Waals surface area contributed by atoms with Crippen molar-refractivity contribution < 1.29 is 9.21 Å². The normalized spacial score (nSPS) is 20.4. The number of rotatable bonds is 4. The van der Waals surface area contributed by atoms with Crippen LogP contribution in [0.5, 0.6) is 0 Å². The first kappa shape index (κ1) is 18.5. The number of nitrogens with zero attached hydrogens (tertiary/aromatic N) is 1. The largest absolute Gasteiger partial charge is 0.457 e. The summed E-state index contributed by atoms with van der Waals surface area (Å²) in [4.78, 5) is 17.1. The lowest BCUT2D eigenvalue weighted by Crippen LogP contribution is -2.33. The van der Waals surface area contributed by atoms with Crippen molar-refractivity contribution in [1.82, 2.24) is 15.6 Å². The van der Waals surface area contributed by atoms with Crippen LogP contribution in [0.25, 0.3) is 21.0 Å². The maximum Gasteiger partial charge on any atom is 0.224 e. The van der Waals surface area contributed by atoms with E-state index in [4.69, 9.17) is 4.42 Å². The van der Waals surface area contributed by atoms with Gasteiger partial charge in [0.05, 0.1) is 16.8 Å². The van der Waals surface area contributed by atoms with Crippen LogP contribution in [0.4, 0.5) is 0 Å². The van der Waals surface area contributed by atoms with E-state index in [9.17, 15) is 4.79 Å². The SMILES string of the molecule is Cl.O=C(NCc1ccc(-c2nc3ccccc3s2)o1)C1CC12CCNCC2. The van der Waals surface area contributed by atoms with Crippen molar-refractivity contribution >= 4 is 39.9 Å². The minimum atomic E-state index is 0. The smallest absolute Gasteiger partial charge is 0.224 e. The van der Waals surface area contributed by atoms with Gasteiger partial charge in [0.25, 0.3) is 0 Å². The summed E-state index contributed by atoms with van der Waals surface area (Å²) in [5.41, 5.74) is 1.25. The van der Waals surface area contributed by atoms with Crippen LogP contribution in [0.2, 0.25) is 0 Å². The highest BCUT2D eigenvalue weighted by atomic mass is 35.5. The second-order valence-electron chi connectivity index (χ2n) is 7.34. The third-order valence-electron chi connectivity index (χ3n) is 5.71. The predicted molar refractivity (Wildman–Crippen MR) is 109 cm³/mol. The molecule has 7 heteroatoms. The molecule has 0 radical (unpaired) electrons. The monoisotopic (exact) mass is 403 g/mol. The summed E-state index contributed by atoms with van der Waals surface area (Å²) in [6, 6.07) is 11.9. The topological polar surface area (TPSA) is 67.2 Å². The standard InChI is InChI=1S/C20H21N3O2S.ClH/c24-18(14-11-20(14)7-9-21-10-8-20)22-12-13-5-6-16(25-13)19-23-15-3-1-2-4-17(15)26-19;/h1-6,14,21H,7-12H2,(H,22,24);1H. The first-order valence-electron chi connectivity index (χ1n) is 9.17. The van der Waals surface area contributed by atoms with Gasteiger partial charge in [-0.25, -0.2) is 4.98 Å². The summed E-state index contributed by atoms with van der Waals surface area (Å²) in [7, 11) is 0. The van der Waals surface area contributed by atoms with Gasteiger partial charge in [0.15, 0.2) is 10.8 Å². The molecule has 0 bridgehead atoms. The molecule has 1 saturated heterocycles. The average molecular weight is 404 g/mol. The Morgan fingerprint density at radius 1 is 1.26 bits per heavy atom. The molecule has 1 aliphatic carbocycles. The number of carbonyl (C=O) groups is 1. The molecule has 2 aromatic heterocycles. The van der Waals surface area contributed by atoms with E-state index in [2.05, 4.69) is 21.7 Å². The maximum atomic E-state index is 12.5. The summed E-state index contributed by atoms with van der Waals surface area (Å²) in [5, 5.41) is 7.30. The number of carbonyl (C=O) groups excluding carboxylic acids is 1. The van der Waals surface area contributed by atoms with Crippen LogP contribution >= 0.6 is 23.7 Å². The molecule has 1 aromatic carbocycles. The van der Waals surface area contributed by atoms with Crippen LogP contribution < -0.4 is 10.6 Å². The Kier molecular flexibility index (Phi) is 4.97.